The zero-order chi connectivity index (χ0) is 13.1. The van der Waals surface area contributed by atoms with Gasteiger partial charge in [-0.1, -0.05) is 18.2 Å². The molecule has 102 valence electrons. The van der Waals surface area contributed by atoms with Crippen molar-refractivity contribution in [1.29, 1.82) is 0 Å². The van der Waals surface area contributed by atoms with Gasteiger partial charge in [0.25, 0.3) is 5.91 Å². The van der Waals surface area contributed by atoms with Gasteiger partial charge in [-0.15, -0.1) is 0 Å². The van der Waals surface area contributed by atoms with Gasteiger partial charge < -0.3 is 14.4 Å². The summed E-state index contributed by atoms with van der Waals surface area (Å²) < 4.78 is 10.9. The van der Waals surface area contributed by atoms with Crippen molar-refractivity contribution < 1.29 is 14.3 Å². The standard InChI is InChI=1S/C15H19NO3/c17-15(12-4-2-1-3-5-12)16-8-6-13(7-9-16)18-10-14-11-19-14/h1-5,13-14H,6-11H2. The number of rotatable bonds is 4. The summed E-state index contributed by atoms with van der Waals surface area (Å²) in [6.07, 6.45) is 2.45. The quantitative estimate of drug-likeness (QED) is 0.775. The first-order chi connectivity index (χ1) is 9.33. The van der Waals surface area contributed by atoms with Crippen molar-refractivity contribution in [3.8, 4) is 0 Å². The summed E-state index contributed by atoms with van der Waals surface area (Å²) in [5.74, 6) is 0.129. The second kappa shape index (κ2) is 5.72. The molecule has 0 N–H and O–H groups in total. The van der Waals surface area contributed by atoms with E-state index in [-0.39, 0.29) is 12.0 Å². The highest BCUT2D eigenvalue weighted by atomic mass is 16.6. The molecule has 1 aromatic rings. The summed E-state index contributed by atoms with van der Waals surface area (Å²) in [6.45, 7) is 3.11. The minimum absolute atomic E-state index is 0.129. The third-order valence-electron chi connectivity index (χ3n) is 3.67. The zero-order valence-corrected chi connectivity index (χ0v) is 11.0. The Bertz CT molecular complexity index is 422. The maximum Gasteiger partial charge on any atom is 0.253 e. The molecule has 1 atom stereocenters. The molecule has 19 heavy (non-hydrogen) atoms. The largest absolute Gasteiger partial charge is 0.375 e. The minimum atomic E-state index is 0.129. The molecule has 2 heterocycles. The van der Waals surface area contributed by atoms with Crippen molar-refractivity contribution in [2.24, 2.45) is 0 Å². The van der Waals surface area contributed by atoms with E-state index in [0.29, 0.717) is 12.7 Å². The average molecular weight is 261 g/mol. The second-order valence-electron chi connectivity index (χ2n) is 5.15. The van der Waals surface area contributed by atoms with Gasteiger partial charge >= 0.3 is 0 Å². The molecule has 2 aliphatic heterocycles. The number of carbonyl (C=O) groups excluding carboxylic acids is 1. The first-order valence-electron chi connectivity index (χ1n) is 6.90. The van der Waals surface area contributed by atoms with Crippen LogP contribution in [-0.4, -0.2) is 49.3 Å². The lowest BCUT2D eigenvalue weighted by molar-refractivity contribution is 0.00263. The smallest absolute Gasteiger partial charge is 0.253 e. The van der Waals surface area contributed by atoms with Gasteiger partial charge in [-0.3, -0.25) is 4.79 Å². The van der Waals surface area contributed by atoms with Crippen molar-refractivity contribution >= 4 is 5.91 Å². The number of hydrogen-bond acceptors (Lipinski definition) is 3. The van der Waals surface area contributed by atoms with E-state index in [2.05, 4.69) is 0 Å². The van der Waals surface area contributed by atoms with Gasteiger partial charge in [-0.25, -0.2) is 0 Å². The van der Waals surface area contributed by atoms with E-state index >= 15 is 0 Å². The second-order valence-corrected chi connectivity index (χ2v) is 5.15. The number of piperidine rings is 1. The summed E-state index contributed by atoms with van der Waals surface area (Å²) in [5.41, 5.74) is 0.772. The Balaban J connectivity index is 1.47. The lowest BCUT2D eigenvalue weighted by atomic mass is 10.1. The number of nitrogens with zero attached hydrogens (tertiary/aromatic N) is 1. The fourth-order valence-corrected chi connectivity index (χ4v) is 2.40. The van der Waals surface area contributed by atoms with Crippen molar-refractivity contribution in [3.05, 3.63) is 35.9 Å². The number of ether oxygens (including phenoxy) is 2. The number of epoxide rings is 1. The fourth-order valence-electron chi connectivity index (χ4n) is 2.40. The number of benzene rings is 1. The van der Waals surface area contributed by atoms with Crippen LogP contribution in [0.4, 0.5) is 0 Å². The Labute approximate surface area is 113 Å². The van der Waals surface area contributed by atoms with Crippen LogP contribution in [0.1, 0.15) is 23.2 Å². The van der Waals surface area contributed by atoms with Crippen LogP contribution in [0.15, 0.2) is 30.3 Å². The fraction of sp³-hybridized carbons (Fsp3) is 0.533. The van der Waals surface area contributed by atoms with Crippen LogP contribution >= 0.6 is 0 Å². The Morgan fingerprint density at radius 1 is 1.26 bits per heavy atom. The van der Waals surface area contributed by atoms with E-state index < -0.39 is 0 Å². The molecule has 4 heteroatoms. The molecular formula is C15H19NO3. The van der Waals surface area contributed by atoms with E-state index in [4.69, 9.17) is 9.47 Å². The molecule has 0 radical (unpaired) electrons. The van der Waals surface area contributed by atoms with Crippen LogP contribution in [-0.2, 0) is 9.47 Å². The Kier molecular flexibility index (Phi) is 3.80. The normalized spacial score (nSPS) is 23.4. The van der Waals surface area contributed by atoms with Gasteiger partial charge in [0, 0.05) is 18.7 Å². The summed E-state index contributed by atoms with van der Waals surface area (Å²) in [4.78, 5) is 14.2. The van der Waals surface area contributed by atoms with Crippen molar-refractivity contribution in [2.75, 3.05) is 26.3 Å². The minimum Gasteiger partial charge on any atom is -0.375 e. The first kappa shape index (κ1) is 12.6. The molecule has 0 saturated carbocycles. The van der Waals surface area contributed by atoms with E-state index in [9.17, 15) is 4.79 Å². The lowest BCUT2D eigenvalue weighted by Gasteiger charge is -2.32. The van der Waals surface area contributed by atoms with Gasteiger partial charge in [0.15, 0.2) is 0 Å². The van der Waals surface area contributed by atoms with Gasteiger partial charge in [0.2, 0.25) is 0 Å². The lowest BCUT2D eigenvalue weighted by Crippen LogP contribution is -2.41. The molecule has 2 fully saturated rings. The number of amides is 1. The third-order valence-corrected chi connectivity index (χ3v) is 3.67. The summed E-state index contributed by atoms with van der Waals surface area (Å²) in [6, 6.07) is 9.47. The summed E-state index contributed by atoms with van der Waals surface area (Å²) in [5, 5.41) is 0. The topological polar surface area (TPSA) is 42.1 Å². The maximum absolute atomic E-state index is 12.2. The van der Waals surface area contributed by atoms with E-state index in [1.807, 2.05) is 35.2 Å². The summed E-state index contributed by atoms with van der Waals surface area (Å²) in [7, 11) is 0. The molecule has 4 nitrogen and oxygen atoms in total. The average Bonchev–Trinajstić information content (AvgIpc) is 3.30. The van der Waals surface area contributed by atoms with Crippen molar-refractivity contribution in [3.63, 3.8) is 0 Å². The highest BCUT2D eigenvalue weighted by Crippen LogP contribution is 2.18. The Hall–Kier alpha value is -1.39. The van der Waals surface area contributed by atoms with E-state index in [0.717, 1.165) is 38.1 Å². The van der Waals surface area contributed by atoms with E-state index in [1.165, 1.54) is 0 Å². The maximum atomic E-state index is 12.2. The van der Waals surface area contributed by atoms with Crippen molar-refractivity contribution in [1.82, 2.24) is 4.90 Å². The highest BCUT2D eigenvalue weighted by molar-refractivity contribution is 5.94. The predicted molar refractivity (Wildman–Crippen MR) is 71.1 cm³/mol. The molecular weight excluding hydrogens is 242 g/mol. The van der Waals surface area contributed by atoms with Gasteiger partial charge in [0.1, 0.15) is 6.10 Å². The Morgan fingerprint density at radius 2 is 1.95 bits per heavy atom. The predicted octanol–water partition coefficient (Wildman–Crippen LogP) is 1.71. The van der Waals surface area contributed by atoms with Gasteiger partial charge in [-0.05, 0) is 25.0 Å². The van der Waals surface area contributed by atoms with E-state index in [1.54, 1.807) is 0 Å². The molecule has 0 spiro atoms. The molecule has 1 aromatic carbocycles. The summed E-state index contributed by atoms with van der Waals surface area (Å²) >= 11 is 0. The molecule has 1 unspecified atom stereocenters. The molecule has 0 aliphatic carbocycles. The van der Waals surface area contributed by atoms with Crippen LogP contribution in [0.25, 0.3) is 0 Å². The van der Waals surface area contributed by atoms with Crippen LogP contribution in [0.5, 0.6) is 0 Å². The molecule has 2 aliphatic rings. The van der Waals surface area contributed by atoms with Crippen LogP contribution < -0.4 is 0 Å². The van der Waals surface area contributed by atoms with Crippen LogP contribution in [0, 0.1) is 0 Å². The molecule has 0 aromatic heterocycles. The number of carbonyl (C=O) groups is 1. The SMILES string of the molecule is O=C(c1ccccc1)N1CCC(OCC2CO2)CC1. The zero-order valence-electron chi connectivity index (χ0n) is 11.0. The number of hydrogen-bond donors (Lipinski definition) is 0. The van der Waals surface area contributed by atoms with Gasteiger partial charge in [-0.2, -0.15) is 0 Å². The molecule has 0 bridgehead atoms. The third kappa shape index (κ3) is 3.33. The molecule has 3 rings (SSSR count). The number of likely N-dealkylation sites (tertiary alicyclic amines) is 1. The monoisotopic (exact) mass is 261 g/mol. The highest BCUT2D eigenvalue weighted by Gasteiger charge is 2.27. The Morgan fingerprint density at radius 3 is 2.58 bits per heavy atom. The first-order valence-corrected chi connectivity index (χ1v) is 6.90. The van der Waals surface area contributed by atoms with Crippen LogP contribution in [0.2, 0.25) is 0 Å². The molecule has 2 saturated heterocycles. The van der Waals surface area contributed by atoms with Gasteiger partial charge in [0.05, 0.1) is 19.3 Å². The molecule has 1 amide bonds. The van der Waals surface area contributed by atoms with Crippen LogP contribution in [0.3, 0.4) is 0 Å². The van der Waals surface area contributed by atoms with Crippen molar-refractivity contribution in [2.45, 2.75) is 25.0 Å².